The summed E-state index contributed by atoms with van der Waals surface area (Å²) in [5, 5.41) is 5.37. The van der Waals surface area contributed by atoms with Gasteiger partial charge in [0.05, 0.1) is 0 Å². The fourth-order valence-electron chi connectivity index (χ4n) is 1.82. The summed E-state index contributed by atoms with van der Waals surface area (Å²) in [6.45, 7) is 2.00. The van der Waals surface area contributed by atoms with Gasteiger partial charge in [0, 0.05) is 31.3 Å². The van der Waals surface area contributed by atoms with Crippen LogP contribution in [0, 0.1) is 0 Å². The number of rotatable bonds is 7. The summed E-state index contributed by atoms with van der Waals surface area (Å²) in [7, 11) is 1.70. The Balaban J connectivity index is 2.62. The number of anilines is 1. The van der Waals surface area contributed by atoms with Crippen molar-refractivity contribution in [2.45, 2.75) is 38.8 Å². The van der Waals surface area contributed by atoms with Gasteiger partial charge in [-0.2, -0.15) is 13.2 Å². The van der Waals surface area contributed by atoms with E-state index in [0.717, 1.165) is 18.5 Å². The quantitative estimate of drug-likeness (QED) is 0.761. The molecule has 0 bridgehead atoms. The van der Waals surface area contributed by atoms with Crippen LogP contribution in [0.5, 0.6) is 0 Å². The molecule has 0 unspecified atom stereocenters. The number of hydrogen-bond donors (Lipinski definition) is 2. The zero-order valence-corrected chi connectivity index (χ0v) is 12.2. The predicted molar refractivity (Wildman–Crippen MR) is 75.4 cm³/mol. The summed E-state index contributed by atoms with van der Waals surface area (Å²) in [6, 6.07) is 3.25. The lowest BCUT2D eigenvalue weighted by atomic mass is 10.1. The fraction of sp³-hybridized carbons (Fsp3) is 0.571. The van der Waals surface area contributed by atoms with E-state index in [0.29, 0.717) is 11.4 Å². The lowest BCUT2D eigenvalue weighted by Crippen LogP contribution is -2.26. The van der Waals surface area contributed by atoms with Crippen LogP contribution in [-0.4, -0.2) is 30.7 Å². The van der Waals surface area contributed by atoms with Crippen LogP contribution in [0.1, 0.15) is 42.2 Å². The molecule has 118 valence electrons. The Morgan fingerprint density at radius 2 is 2.05 bits per heavy atom. The first-order valence-electron chi connectivity index (χ1n) is 6.89. The molecule has 0 saturated carbocycles. The number of aromatic nitrogens is 1. The summed E-state index contributed by atoms with van der Waals surface area (Å²) in [4.78, 5) is 16.3. The molecule has 1 aromatic rings. The molecule has 1 aromatic heterocycles. The van der Waals surface area contributed by atoms with Crippen molar-refractivity contribution in [2.24, 2.45) is 0 Å². The van der Waals surface area contributed by atoms with Gasteiger partial charge in [-0.05, 0) is 25.0 Å². The van der Waals surface area contributed by atoms with Gasteiger partial charge in [-0.3, -0.25) is 4.79 Å². The molecule has 1 rings (SSSR count). The van der Waals surface area contributed by atoms with Crippen molar-refractivity contribution < 1.29 is 18.0 Å². The average Bonchev–Trinajstić information content (AvgIpc) is 2.42. The van der Waals surface area contributed by atoms with Crippen molar-refractivity contribution in [3.8, 4) is 0 Å². The Morgan fingerprint density at radius 3 is 2.62 bits per heavy atom. The highest BCUT2D eigenvalue weighted by molar-refractivity contribution is 5.95. The van der Waals surface area contributed by atoms with Crippen molar-refractivity contribution in [1.82, 2.24) is 10.3 Å². The second-order valence-corrected chi connectivity index (χ2v) is 4.71. The van der Waals surface area contributed by atoms with Crippen molar-refractivity contribution >= 4 is 11.7 Å². The van der Waals surface area contributed by atoms with Crippen LogP contribution in [-0.2, 0) is 6.42 Å². The van der Waals surface area contributed by atoms with Crippen LogP contribution in [0.4, 0.5) is 19.0 Å². The van der Waals surface area contributed by atoms with Gasteiger partial charge in [0.15, 0.2) is 0 Å². The predicted octanol–water partition coefficient (Wildman–Crippen LogP) is 3.15. The van der Waals surface area contributed by atoms with Gasteiger partial charge in [0.25, 0.3) is 5.91 Å². The first-order valence-corrected chi connectivity index (χ1v) is 6.89. The maximum absolute atomic E-state index is 12.0. The molecule has 0 fully saturated rings. The number of nitrogens with zero attached hydrogens (tertiary/aromatic N) is 1. The van der Waals surface area contributed by atoms with Gasteiger partial charge in [0.2, 0.25) is 0 Å². The third kappa shape index (κ3) is 6.46. The molecule has 1 amide bonds. The van der Waals surface area contributed by atoms with Crippen LogP contribution in [0.3, 0.4) is 0 Å². The topological polar surface area (TPSA) is 54.0 Å². The summed E-state index contributed by atoms with van der Waals surface area (Å²) in [5.41, 5.74) is 1.19. The third-order valence-electron chi connectivity index (χ3n) is 2.83. The molecular weight excluding hydrogens is 283 g/mol. The molecule has 4 nitrogen and oxygen atoms in total. The second kappa shape index (κ2) is 7.85. The van der Waals surface area contributed by atoms with Crippen LogP contribution in [0.25, 0.3) is 0 Å². The van der Waals surface area contributed by atoms with Gasteiger partial charge in [-0.1, -0.05) is 13.3 Å². The SMILES string of the molecule is CCCc1cc(C(=O)NCCCC(F)(F)F)cc(NC)n1. The molecule has 0 aromatic carbocycles. The Kier molecular flexibility index (Phi) is 6.45. The van der Waals surface area contributed by atoms with Crippen molar-refractivity contribution in [1.29, 1.82) is 0 Å². The maximum atomic E-state index is 12.0. The molecule has 0 radical (unpaired) electrons. The largest absolute Gasteiger partial charge is 0.389 e. The minimum absolute atomic E-state index is 0.00133. The van der Waals surface area contributed by atoms with Crippen LogP contribution in [0.2, 0.25) is 0 Å². The van der Waals surface area contributed by atoms with Crippen molar-refractivity contribution in [2.75, 3.05) is 18.9 Å². The van der Waals surface area contributed by atoms with Crippen LogP contribution >= 0.6 is 0 Å². The van der Waals surface area contributed by atoms with Gasteiger partial charge >= 0.3 is 6.18 Å². The van der Waals surface area contributed by atoms with E-state index in [9.17, 15) is 18.0 Å². The highest BCUT2D eigenvalue weighted by atomic mass is 19.4. The number of carbonyl (C=O) groups excluding carboxylic acids is 1. The minimum atomic E-state index is -4.19. The second-order valence-electron chi connectivity index (χ2n) is 4.71. The summed E-state index contributed by atoms with van der Waals surface area (Å²) < 4.78 is 36.0. The molecule has 0 aliphatic heterocycles. The first kappa shape index (κ1) is 17.3. The summed E-state index contributed by atoms with van der Waals surface area (Å²) in [6.07, 6.45) is -3.57. The van der Waals surface area contributed by atoms with E-state index in [1.54, 1.807) is 19.2 Å². The number of aryl methyl sites for hydroxylation is 1. The lowest BCUT2D eigenvalue weighted by molar-refractivity contribution is -0.135. The van der Waals surface area contributed by atoms with E-state index >= 15 is 0 Å². The Labute approximate surface area is 122 Å². The van der Waals surface area contributed by atoms with Gasteiger partial charge in [0.1, 0.15) is 5.82 Å². The van der Waals surface area contributed by atoms with Crippen molar-refractivity contribution in [3.05, 3.63) is 23.4 Å². The Bertz CT molecular complexity index is 475. The Morgan fingerprint density at radius 1 is 1.33 bits per heavy atom. The number of alkyl halides is 3. The molecule has 0 saturated heterocycles. The minimum Gasteiger partial charge on any atom is -0.373 e. The van der Waals surface area contributed by atoms with E-state index in [2.05, 4.69) is 15.6 Å². The molecular formula is C14H20F3N3O. The van der Waals surface area contributed by atoms with E-state index in [1.165, 1.54) is 0 Å². The molecule has 0 aliphatic rings. The lowest BCUT2D eigenvalue weighted by Gasteiger charge is -2.10. The van der Waals surface area contributed by atoms with E-state index in [4.69, 9.17) is 0 Å². The standard InChI is InChI=1S/C14H20F3N3O/c1-3-5-11-8-10(9-12(18-2)20-11)13(21)19-7-4-6-14(15,16)17/h8-9H,3-7H2,1-2H3,(H,18,20)(H,19,21). The number of amides is 1. The zero-order chi connectivity index (χ0) is 15.9. The van der Waals surface area contributed by atoms with Crippen LogP contribution < -0.4 is 10.6 Å². The molecule has 0 spiro atoms. The molecule has 21 heavy (non-hydrogen) atoms. The zero-order valence-electron chi connectivity index (χ0n) is 12.2. The van der Waals surface area contributed by atoms with E-state index < -0.39 is 12.6 Å². The average molecular weight is 303 g/mol. The highest BCUT2D eigenvalue weighted by Crippen LogP contribution is 2.20. The molecule has 0 aliphatic carbocycles. The van der Waals surface area contributed by atoms with E-state index in [1.807, 2.05) is 6.92 Å². The number of carbonyl (C=O) groups is 1. The maximum Gasteiger partial charge on any atom is 0.389 e. The highest BCUT2D eigenvalue weighted by Gasteiger charge is 2.26. The molecule has 0 atom stereocenters. The number of pyridine rings is 1. The Hall–Kier alpha value is -1.79. The fourth-order valence-corrected chi connectivity index (χ4v) is 1.82. The first-order chi connectivity index (χ1) is 9.85. The molecule has 1 heterocycles. The number of hydrogen-bond acceptors (Lipinski definition) is 3. The summed E-state index contributed by atoms with van der Waals surface area (Å²) in [5.74, 6) is 0.190. The van der Waals surface area contributed by atoms with Gasteiger partial charge in [-0.15, -0.1) is 0 Å². The van der Waals surface area contributed by atoms with Crippen molar-refractivity contribution in [3.63, 3.8) is 0 Å². The van der Waals surface area contributed by atoms with Gasteiger partial charge < -0.3 is 10.6 Å². The summed E-state index contributed by atoms with van der Waals surface area (Å²) >= 11 is 0. The molecule has 2 N–H and O–H groups in total. The number of halogens is 3. The normalized spacial score (nSPS) is 11.3. The van der Waals surface area contributed by atoms with Crippen LogP contribution in [0.15, 0.2) is 12.1 Å². The number of nitrogens with one attached hydrogen (secondary N) is 2. The molecule has 7 heteroatoms. The third-order valence-corrected chi connectivity index (χ3v) is 2.83. The van der Waals surface area contributed by atoms with E-state index in [-0.39, 0.29) is 18.9 Å². The smallest absolute Gasteiger partial charge is 0.373 e. The monoisotopic (exact) mass is 303 g/mol. The van der Waals surface area contributed by atoms with Gasteiger partial charge in [-0.25, -0.2) is 4.98 Å².